The van der Waals surface area contributed by atoms with Gasteiger partial charge in [-0.25, -0.2) is 4.39 Å². The minimum absolute atomic E-state index is 0. The Hall–Kier alpha value is -1.37. The summed E-state index contributed by atoms with van der Waals surface area (Å²) in [5.41, 5.74) is 0. The van der Waals surface area contributed by atoms with Gasteiger partial charge < -0.3 is 19.7 Å². The summed E-state index contributed by atoms with van der Waals surface area (Å²) in [6.45, 7) is 3.73. The first-order valence-electron chi connectivity index (χ1n) is 8.07. The van der Waals surface area contributed by atoms with Crippen molar-refractivity contribution in [2.45, 2.75) is 12.8 Å². The van der Waals surface area contributed by atoms with E-state index in [2.05, 4.69) is 5.32 Å². The highest BCUT2D eigenvalue weighted by Gasteiger charge is 2.25. The molecule has 0 spiro atoms. The number of nitrogens with zero attached hydrogens (tertiary/aromatic N) is 1. The molecule has 2 rings (SSSR count). The number of halogens is 2. The number of hydrogen-bond acceptors (Lipinski definition) is 4. The second-order valence-electron chi connectivity index (χ2n) is 5.64. The Morgan fingerprint density at radius 2 is 1.83 bits per heavy atom. The lowest BCUT2D eigenvalue weighted by molar-refractivity contribution is -0.137. The molecular weight excluding hydrogens is 335 g/mol. The van der Waals surface area contributed by atoms with Crippen molar-refractivity contribution in [3.05, 3.63) is 30.1 Å². The summed E-state index contributed by atoms with van der Waals surface area (Å²) in [6, 6.07) is 5.89. The summed E-state index contributed by atoms with van der Waals surface area (Å²) in [5.74, 6) is 0.567. The normalized spacial score (nSPS) is 14.8. The zero-order valence-electron chi connectivity index (χ0n) is 14.0. The van der Waals surface area contributed by atoms with Crippen LogP contribution in [0.1, 0.15) is 12.8 Å². The lowest BCUT2D eigenvalue weighted by Crippen LogP contribution is -2.44. The highest BCUT2D eigenvalue weighted by Crippen LogP contribution is 2.16. The van der Waals surface area contributed by atoms with Crippen molar-refractivity contribution in [2.75, 3.05) is 46.5 Å². The van der Waals surface area contributed by atoms with Crippen molar-refractivity contribution >= 4 is 18.3 Å². The van der Waals surface area contributed by atoms with E-state index in [0.717, 1.165) is 25.9 Å². The molecule has 0 saturated carbocycles. The zero-order chi connectivity index (χ0) is 16.5. The summed E-state index contributed by atoms with van der Waals surface area (Å²) < 4.78 is 23.6. The predicted molar refractivity (Wildman–Crippen MR) is 93.2 cm³/mol. The minimum atomic E-state index is -0.292. The van der Waals surface area contributed by atoms with Gasteiger partial charge in [-0.3, -0.25) is 4.79 Å². The van der Waals surface area contributed by atoms with Gasteiger partial charge in [0.2, 0.25) is 5.91 Å². The summed E-state index contributed by atoms with van der Waals surface area (Å²) in [4.78, 5) is 14.4. The predicted octanol–water partition coefficient (Wildman–Crippen LogP) is 2.10. The fourth-order valence-corrected chi connectivity index (χ4v) is 2.67. The molecule has 136 valence electrons. The molecule has 1 heterocycles. The average Bonchev–Trinajstić information content (AvgIpc) is 2.60. The molecule has 1 saturated heterocycles. The first kappa shape index (κ1) is 20.7. The maximum atomic E-state index is 12.9. The number of benzene rings is 1. The Kier molecular flexibility index (Phi) is 9.67. The number of nitrogens with one attached hydrogen (secondary N) is 1. The Balaban J connectivity index is 0.00000288. The molecule has 1 fully saturated rings. The van der Waals surface area contributed by atoms with Gasteiger partial charge >= 0.3 is 0 Å². The number of amides is 1. The third kappa shape index (κ3) is 6.63. The first-order chi connectivity index (χ1) is 11.2. The number of piperidine rings is 1. The van der Waals surface area contributed by atoms with Crippen LogP contribution in [0.15, 0.2) is 24.3 Å². The van der Waals surface area contributed by atoms with E-state index in [0.29, 0.717) is 32.1 Å². The van der Waals surface area contributed by atoms with E-state index < -0.39 is 0 Å². The molecular formula is C17H26ClFN2O3. The van der Waals surface area contributed by atoms with Crippen molar-refractivity contribution in [3.63, 3.8) is 0 Å². The van der Waals surface area contributed by atoms with Crippen molar-refractivity contribution in [2.24, 2.45) is 5.92 Å². The highest BCUT2D eigenvalue weighted by molar-refractivity contribution is 5.85. The molecule has 0 unspecified atom stereocenters. The number of rotatable bonds is 8. The SMILES string of the molecule is COCCN(CCOc1ccc(F)cc1)C(=O)C1CCNCC1.Cl. The Labute approximate surface area is 148 Å². The molecule has 7 heteroatoms. The third-order valence-electron chi connectivity index (χ3n) is 4.01. The minimum Gasteiger partial charge on any atom is -0.492 e. The summed E-state index contributed by atoms with van der Waals surface area (Å²) in [6.07, 6.45) is 1.75. The van der Waals surface area contributed by atoms with Gasteiger partial charge in [-0.1, -0.05) is 0 Å². The Bertz CT molecular complexity index is 481. The number of hydrogen-bond donors (Lipinski definition) is 1. The van der Waals surface area contributed by atoms with Crippen LogP contribution in [0, 0.1) is 11.7 Å². The molecule has 1 aliphatic heterocycles. The van der Waals surface area contributed by atoms with E-state index in [4.69, 9.17) is 9.47 Å². The maximum absolute atomic E-state index is 12.9. The van der Waals surface area contributed by atoms with Crippen molar-refractivity contribution in [3.8, 4) is 5.75 Å². The average molecular weight is 361 g/mol. The van der Waals surface area contributed by atoms with E-state index in [1.54, 1.807) is 19.2 Å². The van der Waals surface area contributed by atoms with Crippen LogP contribution in [0.5, 0.6) is 5.75 Å². The van der Waals surface area contributed by atoms with Crippen LogP contribution in [-0.4, -0.2) is 57.3 Å². The largest absolute Gasteiger partial charge is 0.492 e. The van der Waals surface area contributed by atoms with Crippen molar-refractivity contribution in [1.82, 2.24) is 10.2 Å². The van der Waals surface area contributed by atoms with Gasteiger partial charge in [0, 0.05) is 19.6 Å². The standard InChI is InChI=1S/C17H25FN2O3.ClH/c1-22-12-10-20(17(21)14-6-8-19-9-7-14)11-13-23-16-4-2-15(18)3-5-16;/h2-5,14,19H,6-13H2,1H3;1H. The van der Waals surface area contributed by atoms with E-state index in [9.17, 15) is 9.18 Å². The van der Waals surface area contributed by atoms with Gasteiger partial charge in [0.1, 0.15) is 18.2 Å². The van der Waals surface area contributed by atoms with Crippen LogP contribution in [-0.2, 0) is 9.53 Å². The van der Waals surface area contributed by atoms with Gasteiger partial charge in [-0.15, -0.1) is 12.4 Å². The Morgan fingerprint density at radius 3 is 2.46 bits per heavy atom. The number of methoxy groups -OCH3 is 1. The topological polar surface area (TPSA) is 50.8 Å². The molecule has 1 aliphatic rings. The van der Waals surface area contributed by atoms with E-state index in [1.807, 2.05) is 4.90 Å². The van der Waals surface area contributed by atoms with Crippen LogP contribution >= 0.6 is 12.4 Å². The molecule has 0 atom stereocenters. The zero-order valence-corrected chi connectivity index (χ0v) is 14.8. The second kappa shape index (κ2) is 11.2. The lowest BCUT2D eigenvalue weighted by Gasteiger charge is -2.29. The van der Waals surface area contributed by atoms with Gasteiger partial charge in [0.25, 0.3) is 0 Å². The smallest absolute Gasteiger partial charge is 0.225 e. The highest BCUT2D eigenvalue weighted by atomic mass is 35.5. The molecule has 24 heavy (non-hydrogen) atoms. The lowest BCUT2D eigenvalue weighted by atomic mass is 9.96. The fraction of sp³-hybridized carbons (Fsp3) is 0.588. The molecule has 1 aromatic carbocycles. The van der Waals surface area contributed by atoms with E-state index >= 15 is 0 Å². The van der Waals surface area contributed by atoms with E-state index in [1.165, 1.54) is 12.1 Å². The monoisotopic (exact) mass is 360 g/mol. The van der Waals surface area contributed by atoms with Crippen molar-refractivity contribution in [1.29, 1.82) is 0 Å². The van der Waals surface area contributed by atoms with Crippen LogP contribution in [0.25, 0.3) is 0 Å². The molecule has 0 aliphatic carbocycles. The van der Waals surface area contributed by atoms with Crippen LogP contribution in [0.2, 0.25) is 0 Å². The van der Waals surface area contributed by atoms with Crippen LogP contribution in [0.3, 0.4) is 0 Å². The van der Waals surface area contributed by atoms with Gasteiger partial charge in [-0.05, 0) is 50.2 Å². The maximum Gasteiger partial charge on any atom is 0.225 e. The summed E-state index contributed by atoms with van der Waals surface area (Å²) in [5, 5.41) is 3.27. The number of ether oxygens (including phenoxy) is 2. The van der Waals surface area contributed by atoms with Gasteiger partial charge in [0.15, 0.2) is 0 Å². The van der Waals surface area contributed by atoms with Crippen molar-refractivity contribution < 1.29 is 18.7 Å². The van der Waals surface area contributed by atoms with Gasteiger partial charge in [-0.2, -0.15) is 0 Å². The molecule has 1 N–H and O–H groups in total. The molecule has 5 nitrogen and oxygen atoms in total. The molecule has 0 radical (unpaired) electrons. The van der Waals surface area contributed by atoms with Crippen LogP contribution < -0.4 is 10.1 Å². The summed E-state index contributed by atoms with van der Waals surface area (Å²) >= 11 is 0. The molecule has 0 bridgehead atoms. The van der Waals surface area contributed by atoms with Crippen LogP contribution in [0.4, 0.5) is 4.39 Å². The third-order valence-corrected chi connectivity index (χ3v) is 4.01. The quantitative estimate of drug-likeness (QED) is 0.771. The Morgan fingerprint density at radius 1 is 1.21 bits per heavy atom. The second-order valence-corrected chi connectivity index (χ2v) is 5.64. The van der Waals surface area contributed by atoms with Gasteiger partial charge in [0.05, 0.1) is 13.2 Å². The fourth-order valence-electron chi connectivity index (χ4n) is 2.67. The van der Waals surface area contributed by atoms with E-state index in [-0.39, 0.29) is 30.0 Å². The number of carbonyl (C=O) groups excluding carboxylic acids is 1. The molecule has 1 aromatic rings. The molecule has 0 aromatic heterocycles. The molecule has 1 amide bonds. The first-order valence-corrected chi connectivity index (χ1v) is 8.07. The number of carbonyl (C=O) groups is 1. The summed E-state index contributed by atoms with van der Waals surface area (Å²) in [7, 11) is 1.63.